The van der Waals surface area contributed by atoms with Crippen molar-refractivity contribution in [2.45, 2.75) is 32.5 Å². The molecule has 0 saturated carbocycles. The molecule has 1 aliphatic rings. The van der Waals surface area contributed by atoms with E-state index < -0.39 is 11.6 Å². The smallest absolute Gasteiger partial charge is 0.237 e. The number of thiophene rings is 1. The highest BCUT2D eigenvalue weighted by molar-refractivity contribution is 7.09. The Labute approximate surface area is 137 Å². The second-order valence-corrected chi connectivity index (χ2v) is 6.72. The van der Waals surface area contributed by atoms with Crippen molar-refractivity contribution < 1.29 is 13.6 Å². The van der Waals surface area contributed by atoms with E-state index in [1.807, 2.05) is 22.4 Å². The Morgan fingerprint density at radius 2 is 2.22 bits per heavy atom. The average Bonchev–Trinajstić information content (AvgIpc) is 3.08. The fraction of sp³-hybridized carbons (Fsp3) is 0.353. The van der Waals surface area contributed by atoms with Crippen LogP contribution in [0.25, 0.3) is 0 Å². The molecule has 1 aliphatic heterocycles. The van der Waals surface area contributed by atoms with E-state index in [9.17, 15) is 13.6 Å². The molecular formula is C17H18F2N2OS. The summed E-state index contributed by atoms with van der Waals surface area (Å²) in [6.45, 7) is 3.21. The quantitative estimate of drug-likeness (QED) is 0.930. The van der Waals surface area contributed by atoms with Gasteiger partial charge in [0.15, 0.2) is 11.6 Å². The molecule has 2 heterocycles. The summed E-state index contributed by atoms with van der Waals surface area (Å²) in [5.41, 5.74) is 1.19. The number of fused-ring (bicyclic) bond motifs is 1. The fourth-order valence-corrected chi connectivity index (χ4v) is 3.46. The van der Waals surface area contributed by atoms with E-state index in [4.69, 9.17) is 0 Å². The maximum absolute atomic E-state index is 14.0. The lowest BCUT2D eigenvalue weighted by molar-refractivity contribution is -0.126. The van der Waals surface area contributed by atoms with Crippen LogP contribution >= 0.6 is 11.3 Å². The van der Waals surface area contributed by atoms with Crippen molar-refractivity contribution in [3.63, 3.8) is 0 Å². The van der Waals surface area contributed by atoms with Crippen molar-refractivity contribution in [3.8, 4) is 0 Å². The first kappa shape index (κ1) is 16.1. The summed E-state index contributed by atoms with van der Waals surface area (Å²) in [6, 6.07) is 6.32. The summed E-state index contributed by atoms with van der Waals surface area (Å²) in [6.07, 6.45) is 0.620. The number of amides is 1. The van der Waals surface area contributed by atoms with E-state index in [1.54, 1.807) is 24.3 Å². The number of carbonyl (C=O) groups is 1. The molecule has 1 unspecified atom stereocenters. The van der Waals surface area contributed by atoms with Crippen LogP contribution in [0, 0.1) is 11.6 Å². The Morgan fingerprint density at radius 1 is 1.39 bits per heavy atom. The van der Waals surface area contributed by atoms with Crippen molar-refractivity contribution in [2.24, 2.45) is 0 Å². The minimum atomic E-state index is -0.833. The van der Waals surface area contributed by atoms with Gasteiger partial charge in [0, 0.05) is 23.5 Å². The molecule has 1 aromatic heterocycles. The SMILES string of the molecule is CC(C(=O)NCc1cccs1)N1CCc2ccc(F)c(F)c2C1. The second kappa shape index (κ2) is 6.76. The van der Waals surface area contributed by atoms with Gasteiger partial charge >= 0.3 is 0 Å². The lowest BCUT2D eigenvalue weighted by Crippen LogP contribution is -2.47. The highest BCUT2D eigenvalue weighted by atomic mass is 32.1. The molecule has 1 amide bonds. The Balaban J connectivity index is 1.65. The predicted molar refractivity (Wildman–Crippen MR) is 86.1 cm³/mol. The van der Waals surface area contributed by atoms with Gasteiger partial charge in [0.25, 0.3) is 0 Å². The summed E-state index contributed by atoms with van der Waals surface area (Å²) in [5, 5.41) is 4.86. The number of carbonyl (C=O) groups excluding carboxylic acids is 1. The van der Waals surface area contributed by atoms with Crippen LogP contribution in [0.15, 0.2) is 29.6 Å². The third-order valence-corrected chi connectivity index (χ3v) is 5.14. The monoisotopic (exact) mass is 336 g/mol. The normalized spacial score (nSPS) is 16.0. The molecule has 6 heteroatoms. The van der Waals surface area contributed by atoms with E-state index in [0.717, 1.165) is 10.4 Å². The molecule has 0 radical (unpaired) electrons. The number of hydrogen-bond acceptors (Lipinski definition) is 3. The predicted octanol–water partition coefficient (Wildman–Crippen LogP) is 3.09. The Morgan fingerprint density at radius 3 is 2.96 bits per heavy atom. The zero-order chi connectivity index (χ0) is 16.4. The van der Waals surface area contributed by atoms with Crippen LogP contribution in [0.1, 0.15) is 22.9 Å². The van der Waals surface area contributed by atoms with Gasteiger partial charge < -0.3 is 5.32 Å². The number of rotatable bonds is 4. The van der Waals surface area contributed by atoms with E-state index in [-0.39, 0.29) is 18.5 Å². The van der Waals surface area contributed by atoms with E-state index in [1.165, 1.54) is 6.07 Å². The van der Waals surface area contributed by atoms with Crippen LogP contribution in [0.2, 0.25) is 0 Å². The van der Waals surface area contributed by atoms with Crippen LogP contribution in [0.5, 0.6) is 0 Å². The molecule has 0 aliphatic carbocycles. The van der Waals surface area contributed by atoms with Gasteiger partial charge in [-0.1, -0.05) is 12.1 Å². The third kappa shape index (κ3) is 3.43. The molecular weight excluding hydrogens is 318 g/mol. The zero-order valence-corrected chi connectivity index (χ0v) is 13.6. The van der Waals surface area contributed by atoms with Crippen molar-refractivity contribution >= 4 is 17.2 Å². The maximum atomic E-state index is 14.0. The van der Waals surface area contributed by atoms with Crippen molar-refractivity contribution in [2.75, 3.05) is 6.54 Å². The third-order valence-electron chi connectivity index (χ3n) is 4.27. The molecule has 122 valence electrons. The number of hydrogen-bond donors (Lipinski definition) is 1. The van der Waals surface area contributed by atoms with Gasteiger partial charge in [-0.15, -0.1) is 11.3 Å². The molecule has 23 heavy (non-hydrogen) atoms. The van der Waals surface area contributed by atoms with Crippen LogP contribution < -0.4 is 5.32 Å². The molecule has 0 spiro atoms. The molecule has 3 rings (SSSR count). The van der Waals surface area contributed by atoms with Crippen molar-refractivity contribution in [1.29, 1.82) is 0 Å². The van der Waals surface area contributed by atoms with Crippen LogP contribution in [0.3, 0.4) is 0 Å². The molecule has 0 saturated heterocycles. The van der Waals surface area contributed by atoms with Gasteiger partial charge in [-0.25, -0.2) is 8.78 Å². The number of nitrogens with one attached hydrogen (secondary N) is 1. The first-order valence-electron chi connectivity index (χ1n) is 7.56. The second-order valence-electron chi connectivity index (χ2n) is 5.69. The molecule has 1 atom stereocenters. The molecule has 0 fully saturated rings. The van der Waals surface area contributed by atoms with E-state index in [2.05, 4.69) is 5.32 Å². The fourth-order valence-electron chi connectivity index (χ4n) is 2.82. The van der Waals surface area contributed by atoms with Crippen LogP contribution in [-0.4, -0.2) is 23.4 Å². The van der Waals surface area contributed by atoms with Gasteiger partial charge in [-0.2, -0.15) is 0 Å². The Hall–Kier alpha value is -1.79. The van der Waals surface area contributed by atoms with Crippen LogP contribution in [0.4, 0.5) is 8.78 Å². The summed E-state index contributed by atoms with van der Waals surface area (Å²) in [5.74, 6) is -1.72. The zero-order valence-electron chi connectivity index (χ0n) is 12.8. The lowest BCUT2D eigenvalue weighted by Gasteiger charge is -2.33. The van der Waals surface area contributed by atoms with Crippen molar-refractivity contribution in [1.82, 2.24) is 10.2 Å². The average molecular weight is 336 g/mol. The van der Waals surface area contributed by atoms with E-state index in [0.29, 0.717) is 25.1 Å². The van der Waals surface area contributed by atoms with E-state index >= 15 is 0 Å². The van der Waals surface area contributed by atoms with Gasteiger partial charge in [0.2, 0.25) is 5.91 Å². The minimum Gasteiger partial charge on any atom is -0.350 e. The lowest BCUT2D eigenvalue weighted by atomic mass is 9.97. The summed E-state index contributed by atoms with van der Waals surface area (Å²) in [7, 11) is 0. The largest absolute Gasteiger partial charge is 0.350 e. The standard InChI is InChI=1S/C17H18F2N2OS/c1-11(17(22)20-9-13-3-2-8-23-13)21-7-6-12-4-5-15(18)16(19)14(12)10-21/h2-5,8,11H,6-7,9-10H2,1H3,(H,20,22). The van der Waals surface area contributed by atoms with Crippen molar-refractivity contribution in [3.05, 3.63) is 57.3 Å². The number of halogens is 2. The maximum Gasteiger partial charge on any atom is 0.237 e. The highest BCUT2D eigenvalue weighted by Crippen LogP contribution is 2.25. The summed E-state index contributed by atoms with van der Waals surface area (Å²) in [4.78, 5) is 15.3. The molecule has 0 bridgehead atoms. The summed E-state index contributed by atoms with van der Waals surface area (Å²) >= 11 is 1.59. The highest BCUT2D eigenvalue weighted by Gasteiger charge is 2.27. The van der Waals surface area contributed by atoms with Gasteiger partial charge in [-0.3, -0.25) is 9.69 Å². The van der Waals surface area contributed by atoms with Crippen LogP contribution in [-0.2, 0) is 24.3 Å². The van der Waals surface area contributed by atoms with Gasteiger partial charge in [-0.05, 0) is 36.4 Å². The number of nitrogens with zero attached hydrogens (tertiary/aromatic N) is 1. The first-order chi connectivity index (χ1) is 11.1. The molecule has 3 nitrogen and oxygen atoms in total. The molecule has 2 aromatic rings. The summed E-state index contributed by atoms with van der Waals surface area (Å²) < 4.78 is 27.4. The van der Waals surface area contributed by atoms with Gasteiger partial charge in [0.05, 0.1) is 12.6 Å². The molecule has 1 aromatic carbocycles. The first-order valence-corrected chi connectivity index (χ1v) is 8.44. The Kier molecular flexibility index (Phi) is 4.73. The minimum absolute atomic E-state index is 0.0985. The topological polar surface area (TPSA) is 32.3 Å². The van der Waals surface area contributed by atoms with Gasteiger partial charge in [0.1, 0.15) is 0 Å². The molecule has 1 N–H and O–H groups in total. The number of benzene rings is 1. The Bertz CT molecular complexity index is 703.